The van der Waals surface area contributed by atoms with E-state index in [0.717, 1.165) is 24.7 Å². The van der Waals surface area contributed by atoms with Crippen molar-refractivity contribution in [1.29, 1.82) is 0 Å². The smallest absolute Gasteiger partial charge is 0.156 e. The standard InChI is InChI=1S/C18H29NO2/c1-17-9-10-19(21)11-12(17)3-4-13-14-5-6-16(20)18(14,2)8-7-15(13)17/h10,12-16,20H,3-9,11H2,1-2H3/t12-,13?,14?,15?,16-,17-,18-/m0/s1. The molecule has 3 unspecified atom stereocenters. The molecule has 0 spiro atoms. The number of hydrogen-bond donors (Lipinski definition) is 1. The SMILES string of the molecule is C[C@]12CCC3C(CC[C@H]4C[N+]([O-])=CC[C@]34C)C1CC[C@@H]2O. The Kier molecular flexibility index (Phi) is 2.99. The fourth-order valence-electron chi connectivity index (χ4n) is 6.72. The molecule has 0 amide bonds. The Morgan fingerprint density at radius 2 is 1.81 bits per heavy atom. The minimum absolute atomic E-state index is 0.0796. The third-order valence-electron chi connectivity index (χ3n) is 8.15. The fourth-order valence-corrected chi connectivity index (χ4v) is 6.72. The summed E-state index contributed by atoms with van der Waals surface area (Å²) in [6.45, 7) is 5.50. The summed E-state index contributed by atoms with van der Waals surface area (Å²) in [5, 5.41) is 22.2. The zero-order valence-electron chi connectivity index (χ0n) is 13.4. The summed E-state index contributed by atoms with van der Waals surface area (Å²) < 4.78 is 1.18. The van der Waals surface area contributed by atoms with E-state index in [0.29, 0.717) is 23.8 Å². The van der Waals surface area contributed by atoms with Crippen molar-refractivity contribution in [2.45, 2.75) is 64.9 Å². The number of aliphatic hydroxyl groups is 1. The summed E-state index contributed by atoms with van der Waals surface area (Å²) >= 11 is 0. The molecule has 21 heavy (non-hydrogen) atoms. The van der Waals surface area contributed by atoms with Gasteiger partial charge in [0, 0.05) is 12.3 Å². The van der Waals surface area contributed by atoms with Crippen molar-refractivity contribution in [2.24, 2.45) is 34.5 Å². The topological polar surface area (TPSA) is 46.3 Å². The molecular weight excluding hydrogens is 262 g/mol. The van der Waals surface area contributed by atoms with Gasteiger partial charge in [0.05, 0.1) is 6.10 Å². The quantitative estimate of drug-likeness (QED) is 0.550. The average molecular weight is 291 g/mol. The maximum Gasteiger partial charge on any atom is 0.156 e. The van der Waals surface area contributed by atoms with Gasteiger partial charge in [0.2, 0.25) is 0 Å². The van der Waals surface area contributed by atoms with Gasteiger partial charge in [-0.05, 0) is 67.1 Å². The van der Waals surface area contributed by atoms with Crippen molar-refractivity contribution in [1.82, 2.24) is 0 Å². The Morgan fingerprint density at radius 3 is 2.62 bits per heavy atom. The average Bonchev–Trinajstić information content (AvgIpc) is 2.76. The van der Waals surface area contributed by atoms with Gasteiger partial charge in [0.25, 0.3) is 0 Å². The molecule has 3 heteroatoms. The maximum atomic E-state index is 11.7. The first-order valence-electron chi connectivity index (χ1n) is 8.90. The number of fused-ring (bicyclic) bond motifs is 5. The molecule has 4 aliphatic rings. The molecule has 0 aromatic heterocycles. The zero-order valence-corrected chi connectivity index (χ0v) is 13.4. The monoisotopic (exact) mass is 291 g/mol. The fraction of sp³-hybridized carbons (Fsp3) is 0.944. The van der Waals surface area contributed by atoms with Crippen LogP contribution in [0.5, 0.6) is 0 Å². The van der Waals surface area contributed by atoms with E-state index in [2.05, 4.69) is 13.8 Å². The zero-order chi connectivity index (χ0) is 14.8. The highest BCUT2D eigenvalue weighted by Crippen LogP contribution is 2.64. The molecule has 118 valence electrons. The molecule has 0 aromatic rings. The highest BCUT2D eigenvalue weighted by Gasteiger charge is 2.60. The van der Waals surface area contributed by atoms with E-state index < -0.39 is 0 Å². The van der Waals surface area contributed by atoms with Gasteiger partial charge in [0.15, 0.2) is 12.8 Å². The van der Waals surface area contributed by atoms with Crippen molar-refractivity contribution in [3.63, 3.8) is 0 Å². The van der Waals surface area contributed by atoms with Crippen LogP contribution in [0.15, 0.2) is 0 Å². The first kappa shape index (κ1) is 14.0. The first-order chi connectivity index (χ1) is 9.95. The van der Waals surface area contributed by atoms with E-state index in [-0.39, 0.29) is 11.5 Å². The first-order valence-corrected chi connectivity index (χ1v) is 8.90. The van der Waals surface area contributed by atoms with Crippen molar-refractivity contribution in [3.05, 3.63) is 5.21 Å². The molecule has 0 saturated heterocycles. The van der Waals surface area contributed by atoms with Crippen LogP contribution in [0.4, 0.5) is 0 Å². The number of nitrogens with zero attached hydrogens (tertiary/aromatic N) is 1. The lowest BCUT2D eigenvalue weighted by molar-refractivity contribution is -0.478. The molecule has 3 saturated carbocycles. The van der Waals surface area contributed by atoms with Crippen molar-refractivity contribution in [2.75, 3.05) is 6.54 Å². The molecule has 3 nitrogen and oxygen atoms in total. The third kappa shape index (κ3) is 1.79. The molecule has 1 heterocycles. The summed E-state index contributed by atoms with van der Waals surface area (Å²) in [5.41, 5.74) is 0.506. The van der Waals surface area contributed by atoms with Crippen LogP contribution in [0.1, 0.15) is 58.8 Å². The van der Waals surface area contributed by atoms with E-state index >= 15 is 0 Å². The minimum Gasteiger partial charge on any atom is -0.624 e. The van der Waals surface area contributed by atoms with Crippen LogP contribution >= 0.6 is 0 Å². The Hall–Kier alpha value is -0.570. The van der Waals surface area contributed by atoms with Gasteiger partial charge in [-0.25, -0.2) is 4.74 Å². The predicted molar refractivity (Wildman–Crippen MR) is 83.1 cm³/mol. The summed E-state index contributed by atoms with van der Waals surface area (Å²) in [7, 11) is 0. The second-order valence-corrected chi connectivity index (χ2v) is 8.78. The second-order valence-electron chi connectivity index (χ2n) is 8.78. The van der Waals surface area contributed by atoms with E-state index in [1.54, 1.807) is 0 Å². The molecule has 1 N–H and O–H groups in total. The number of rotatable bonds is 0. The van der Waals surface area contributed by atoms with Gasteiger partial charge in [-0.1, -0.05) is 13.8 Å². The molecule has 3 fully saturated rings. The van der Waals surface area contributed by atoms with Gasteiger partial charge < -0.3 is 10.3 Å². The Morgan fingerprint density at radius 1 is 1.05 bits per heavy atom. The van der Waals surface area contributed by atoms with E-state index in [1.807, 2.05) is 6.21 Å². The van der Waals surface area contributed by atoms with Crippen molar-refractivity contribution in [3.8, 4) is 0 Å². The van der Waals surface area contributed by atoms with Crippen LogP contribution in [0.25, 0.3) is 0 Å². The highest BCUT2D eigenvalue weighted by molar-refractivity contribution is 5.54. The molecule has 4 rings (SSSR count). The lowest BCUT2D eigenvalue weighted by atomic mass is 9.46. The summed E-state index contributed by atoms with van der Waals surface area (Å²) in [5.74, 6) is 2.85. The molecule has 0 bridgehead atoms. The van der Waals surface area contributed by atoms with Crippen LogP contribution in [-0.4, -0.2) is 28.7 Å². The third-order valence-corrected chi connectivity index (χ3v) is 8.15. The van der Waals surface area contributed by atoms with Gasteiger partial charge in [-0.15, -0.1) is 0 Å². The summed E-state index contributed by atoms with van der Waals surface area (Å²) in [6, 6.07) is 0. The van der Waals surface area contributed by atoms with Gasteiger partial charge in [-0.2, -0.15) is 0 Å². The van der Waals surface area contributed by atoms with Gasteiger partial charge in [0.1, 0.15) is 0 Å². The van der Waals surface area contributed by atoms with Gasteiger partial charge in [-0.3, -0.25) is 0 Å². The maximum absolute atomic E-state index is 11.7. The number of hydrogen-bond acceptors (Lipinski definition) is 2. The van der Waals surface area contributed by atoms with Crippen LogP contribution in [0, 0.1) is 39.7 Å². The van der Waals surface area contributed by atoms with E-state index in [1.165, 1.54) is 36.8 Å². The molecule has 7 atom stereocenters. The number of aliphatic hydroxyl groups excluding tert-OH is 1. The molecule has 1 aliphatic heterocycles. The minimum atomic E-state index is -0.0796. The van der Waals surface area contributed by atoms with Crippen LogP contribution in [-0.2, 0) is 0 Å². The lowest BCUT2D eigenvalue weighted by Crippen LogP contribution is -2.55. The Labute approximate surface area is 128 Å². The molecular formula is C18H29NO2. The van der Waals surface area contributed by atoms with Gasteiger partial charge >= 0.3 is 0 Å². The highest BCUT2D eigenvalue weighted by atomic mass is 16.5. The lowest BCUT2D eigenvalue weighted by Gasteiger charge is -2.58. The normalized spacial score (nSPS) is 56.1. The van der Waals surface area contributed by atoms with Crippen molar-refractivity contribution < 1.29 is 9.85 Å². The summed E-state index contributed by atoms with van der Waals surface area (Å²) in [4.78, 5) is 0. The number of hydroxylamine groups is 1. The van der Waals surface area contributed by atoms with E-state index in [9.17, 15) is 10.3 Å². The Bertz CT molecular complexity index is 476. The van der Waals surface area contributed by atoms with Crippen molar-refractivity contribution >= 4 is 6.21 Å². The van der Waals surface area contributed by atoms with Crippen LogP contribution in [0.2, 0.25) is 0 Å². The predicted octanol–water partition coefficient (Wildman–Crippen LogP) is 3.19. The summed E-state index contributed by atoms with van der Waals surface area (Å²) in [6.07, 6.45) is 9.95. The van der Waals surface area contributed by atoms with E-state index in [4.69, 9.17) is 0 Å². The Balaban J connectivity index is 1.65. The second kappa shape index (κ2) is 4.47. The molecule has 0 radical (unpaired) electrons. The van der Waals surface area contributed by atoms with Crippen LogP contribution in [0.3, 0.4) is 0 Å². The van der Waals surface area contributed by atoms with Crippen LogP contribution < -0.4 is 0 Å². The molecule has 3 aliphatic carbocycles. The molecule has 0 aromatic carbocycles. The largest absolute Gasteiger partial charge is 0.624 e.